The summed E-state index contributed by atoms with van der Waals surface area (Å²) >= 11 is 0. The number of hydrogen-bond donors (Lipinski definition) is 0. The molecule has 0 saturated carbocycles. The van der Waals surface area contributed by atoms with E-state index in [1.54, 1.807) is 6.07 Å². The highest BCUT2D eigenvalue weighted by Gasteiger charge is 2.29. The van der Waals surface area contributed by atoms with E-state index in [0.29, 0.717) is 24.1 Å². The first kappa shape index (κ1) is 23.2. The maximum absolute atomic E-state index is 12.0. The molecule has 2 aromatic carbocycles. The van der Waals surface area contributed by atoms with Crippen molar-refractivity contribution in [2.45, 2.75) is 46.9 Å². The van der Waals surface area contributed by atoms with E-state index < -0.39 is 0 Å². The van der Waals surface area contributed by atoms with Crippen LogP contribution in [0.1, 0.15) is 51.5 Å². The van der Waals surface area contributed by atoms with Gasteiger partial charge in [-0.3, -0.25) is 15.0 Å². The van der Waals surface area contributed by atoms with Crippen molar-refractivity contribution in [3.8, 4) is 0 Å². The minimum atomic E-state index is -0.273. The summed E-state index contributed by atoms with van der Waals surface area (Å²) in [5, 5.41) is 12.0. The van der Waals surface area contributed by atoms with E-state index >= 15 is 0 Å². The Labute approximate surface area is 186 Å². The van der Waals surface area contributed by atoms with Crippen molar-refractivity contribution in [3.05, 3.63) is 69.8 Å². The van der Waals surface area contributed by atoms with Crippen molar-refractivity contribution in [1.82, 2.24) is 4.90 Å². The highest BCUT2D eigenvalue weighted by molar-refractivity contribution is 5.64. The molecule has 1 aliphatic heterocycles. The lowest BCUT2D eigenvalue weighted by Gasteiger charge is -2.36. The number of rotatable bonds is 9. The second kappa shape index (κ2) is 10.7. The van der Waals surface area contributed by atoms with E-state index in [1.165, 1.54) is 5.56 Å². The van der Waals surface area contributed by atoms with Crippen molar-refractivity contribution in [2.24, 2.45) is 11.8 Å². The van der Waals surface area contributed by atoms with Crippen molar-refractivity contribution in [1.29, 1.82) is 0 Å². The zero-order valence-electron chi connectivity index (χ0n) is 19.2. The molecule has 6 nitrogen and oxygen atoms in total. The number of ether oxygens (including phenoxy) is 1. The Balaban J connectivity index is 1.91. The molecule has 0 amide bonds. The van der Waals surface area contributed by atoms with Gasteiger partial charge in [0.1, 0.15) is 11.9 Å². The molecule has 0 aromatic heterocycles. The Hall–Kier alpha value is -2.44. The van der Waals surface area contributed by atoms with Gasteiger partial charge in [-0.05, 0) is 29.9 Å². The highest BCUT2D eigenvalue weighted by Crippen LogP contribution is 2.35. The lowest BCUT2D eigenvalue weighted by molar-refractivity contribution is -0.384. The minimum absolute atomic E-state index is 0.160. The molecule has 1 heterocycles. The summed E-state index contributed by atoms with van der Waals surface area (Å²) in [5.41, 5.74) is 2.92. The van der Waals surface area contributed by atoms with Crippen LogP contribution >= 0.6 is 0 Å². The minimum Gasteiger partial charge on any atom is -0.365 e. The second-order valence-electron chi connectivity index (χ2n) is 9.23. The van der Waals surface area contributed by atoms with E-state index in [4.69, 9.17) is 4.74 Å². The zero-order valence-corrected chi connectivity index (χ0v) is 19.2. The maximum atomic E-state index is 12.0. The van der Waals surface area contributed by atoms with Crippen LogP contribution in [0.3, 0.4) is 0 Å². The Morgan fingerprint density at radius 2 is 1.77 bits per heavy atom. The van der Waals surface area contributed by atoms with Crippen LogP contribution in [0.25, 0.3) is 0 Å². The summed E-state index contributed by atoms with van der Waals surface area (Å²) in [6.07, 6.45) is 0.686. The first-order valence-electron chi connectivity index (χ1n) is 11.3. The molecule has 1 fully saturated rings. The average molecular weight is 426 g/mol. The fourth-order valence-electron chi connectivity index (χ4n) is 4.23. The topological polar surface area (TPSA) is 58.8 Å². The van der Waals surface area contributed by atoms with Crippen molar-refractivity contribution < 1.29 is 9.66 Å². The molecule has 0 bridgehead atoms. The summed E-state index contributed by atoms with van der Waals surface area (Å²) in [7, 11) is 0. The summed E-state index contributed by atoms with van der Waals surface area (Å²) < 4.78 is 6.10. The molecule has 3 rings (SSSR count). The Morgan fingerprint density at radius 3 is 2.39 bits per heavy atom. The largest absolute Gasteiger partial charge is 0.365 e. The molecule has 31 heavy (non-hydrogen) atoms. The number of nitro benzene ring substituents is 1. The van der Waals surface area contributed by atoms with Gasteiger partial charge in [-0.15, -0.1) is 0 Å². The van der Waals surface area contributed by atoms with E-state index in [2.05, 4.69) is 49.6 Å². The van der Waals surface area contributed by atoms with Crippen molar-refractivity contribution in [3.63, 3.8) is 0 Å². The van der Waals surface area contributed by atoms with Gasteiger partial charge < -0.3 is 9.64 Å². The average Bonchev–Trinajstić information content (AvgIpc) is 2.73. The molecular weight excluding hydrogens is 390 g/mol. The van der Waals surface area contributed by atoms with E-state index in [-0.39, 0.29) is 16.8 Å². The fraction of sp³-hybridized carbons (Fsp3) is 0.520. The van der Waals surface area contributed by atoms with Crippen LogP contribution in [0.2, 0.25) is 0 Å². The third-order valence-corrected chi connectivity index (χ3v) is 5.42. The normalized spacial score (nSPS) is 17.3. The summed E-state index contributed by atoms with van der Waals surface area (Å²) in [6, 6.07) is 15.9. The molecule has 0 unspecified atom stereocenters. The quantitative estimate of drug-likeness (QED) is 0.385. The molecule has 168 valence electrons. The van der Waals surface area contributed by atoms with Crippen LogP contribution in [0, 0.1) is 22.0 Å². The first-order chi connectivity index (χ1) is 14.8. The summed E-state index contributed by atoms with van der Waals surface area (Å²) in [4.78, 5) is 16.2. The molecule has 1 atom stereocenters. The van der Waals surface area contributed by atoms with Gasteiger partial charge in [-0.1, -0.05) is 64.1 Å². The highest BCUT2D eigenvalue weighted by atomic mass is 16.6. The Kier molecular flexibility index (Phi) is 8.04. The van der Waals surface area contributed by atoms with Gasteiger partial charge in [-0.2, -0.15) is 0 Å². The molecular formula is C25H35N3O3. The third kappa shape index (κ3) is 6.28. The smallest absolute Gasteiger partial charge is 0.292 e. The van der Waals surface area contributed by atoms with Gasteiger partial charge in [0.15, 0.2) is 0 Å². The fourth-order valence-corrected chi connectivity index (χ4v) is 4.23. The maximum Gasteiger partial charge on any atom is 0.292 e. The lowest BCUT2D eigenvalue weighted by Crippen LogP contribution is -2.36. The van der Waals surface area contributed by atoms with Crippen LogP contribution in [-0.4, -0.2) is 36.1 Å². The number of nitro groups is 1. The molecule has 0 radical (unpaired) electrons. The van der Waals surface area contributed by atoms with Crippen molar-refractivity contribution >= 4 is 11.4 Å². The van der Waals surface area contributed by atoms with E-state index in [1.807, 2.05) is 30.3 Å². The van der Waals surface area contributed by atoms with E-state index in [9.17, 15) is 10.1 Å². The van der Waals surface area contributed by atoms with Crippen LogP contribution < -0.4 is 4.90 Å². The second-order valence-corrected chi connectivity index (χ2v) is 9.23. The predicted molar refractivity (Wildman–Crippen MR) is 125 cm³/mol. The van der Waals surface area contributed by atoms with Crippen molar-refractivity contribution in [2.75, 3.05) is 31.1 Å². The first-order valence-corrected chi connectivity index (χ1v) is 11.3. The van der Waals surface area contributed by atoms with Crippen LogP contribution in [-0.2, 0) is 11.3 Å². The summed E-state index contributed by atoms with van der Waals surface area (Å²) in [6.45, 7) is 12.5. The SMILES string of the molecule is CC(C)CN(CC(C)C)c1ccc([C@@H]2OCCCN2Cc2ccccc2)cc1[N+](=O)[O-]. The number of benzene rings is 2. The monoisotopic (exact) mass is 425 g/mol. The van der Waals surface area contributed by atoms with Gasteiger partial charge in [0, 0.05) is 37.8 Å². The van der Waals surface area contributed by atoms with Crippen LogP contribution in [0.5, 0.6) is 0 Å². The Bertz CT molecular complexity index is 844. The number of anilines is 1. The number of hydrogen-bond acceptors (Lipinski definition) is 5. The van der Waals surface area contributed by atoms with Gasteiger partial charge in [0.25, 0.3) is 5.69 Å². The van der Waals surface area contributed by atoms with Crippen LogP contribution in [0.4, 0.5) is 11.4 Å². The predicted octanol–water partition coefficient (Wildman–Crippen LogP) is 5.63. The molecule has 0 aliphatic carbocycles. The standard InChI is InChI=1S/C25H35N3O3/c1-19(2)16-27(17-20(3)4)23-12-11-22(15-24(23)28(29)30)25-26(13-8-14-31-25)18-21-9-6-5-7-10-21/h5-7,9-12,15,19-20,25H,8,13-14,16-18H2,1-4H3/t25-/m0/s1. The lowest BCUT2D eigenvalue weighted by atomic mass is 10.1. The molecule has 0 spiro atoms. The molecule has 0 N–H and O–H groups in total. The third-order valence-electron chi connectivity index (χ3n) is 5.42. The van der Waals surface area contributed by atoms with Gasteiger partial charge in [0.05, 0.1) is 11.5 Å². The molecule has 2 aromatic rings. The van der Waals surface area contributed by atoms with Gasteiger partial charge in [0.2, 0.25) is 0 Å². The number of nitrogens with zero attached hydrogens (tertiary/aromatic N) is 3. The van der Waals surface area contributed by atoms with Gasteiger partial charge >= 0.3 is 0 Å². The molecule has 1 aliphatic rings. The van der Waals surface area contributed by atoms with Gasteiger partial charge in [-0.25, -0.2) is 0 Å². The zero-order chi connectivity index (χ0) is 22.4. The van der Waals surface area contributed by atoms with E-state index in [0.717, 1.165) is 38.2 Å². The summed E-state index contributed by atoms with van der Waals surface area (Å²) in [5.74, 6) is 0.835. The Morgan fingerprint density at radius 1 is 1.10 bits per heavy atom. The van der Waals surface area contributed by atoms with Crippen LogP contribution in [0.15, 0.2) is 48.5 Å². The molecule has 1 saturated heterocycles. The molecule has 6 heteroatoms.